The predicted octanol–water partition coefficient (Wildman–Crippen LogP) is 7.49. The van der Waals surface area contributed by atoms with Gasteiger partial charge >= 0.3 is 11.9 Å². The molecular weight excluding hydrogens is 408 g/mol. The van der Waals surface area contributed by atoms with Crippen LogP contribution in [0.4, 0.5) is 0 Å². The van der Waals surface area contributed by atoms with Crippen LogP contribution in [0.3, 0.4) is 0 Å². The van der Waals surface area contributed by atoms with Crippen LogP contribution in [-0.2, 0) is 29.1 Å². The quantitative estimate of drug-likeness (QED) is 0.113. The highest BCUT2D eigenvalue weighted by Crippen LogP contribution is 2.26. The lowest BCUT2D eigenvalue weighted by Crippen LogP contribution is -2.32. The Morgan fingerprint density at radius 2 is 0.938 bits per heavy atom. The van der Waals surface area contributed by atoms with E-state index in [-0.39, 0.29) is 11.9 Å². The molecule has 0 amide bonds. The fourth-order valence-corrected chi connectivity index (χ4v) is 3.08. The molecule has 32 heavy (non-hydrogen) atoms. The maximum Gasteiger partial charge on any atom is 0.342 e. The predicted molar refractivity (Wildman–Crippen MR) is 128 cm³/mol. The maximum absolute atomic E-state index is 11.9. The molecule has 0 bridgehead atoms. The average Bonchev–Trinajstić information content (AvgIpc) is 2.69. The van der Waals surface area contributed by atoms with E-state index >= 15 is 0 Å². The molecule has 190 valence electrons. The molecule has 0 fully saturated rings. The lowest BCUT2D eigenvalue weighted by atomic mass is 9.94. The molecule has 0 spiro atoms. The molecule has 0 saturated carbocycles. The molecule has 0 aromatic rings. The number of carbonyl (C=O) groups excluding carboxylic acids is 2. The number of rotatable bonds is 19. The molecule has 0 aliphatic carbocycles. The first-order chi connectivity index (χ1) is 14.8. The van der Waals surface area contributed by atoms with Crippen LogP contribution in [0.15, 0.2) is 0 Å². The van der Waals surface area contributed by atoms with E-state index in [9.17, 15) is 9.59 Å². The Bertz CT molecular complexity index is 464. The van der Waals surface area contributed by atoms with Crippen LogP contribution < -0.4 is 0 Å². The number of hydrogen-bond acceptors (Lipinski definition) is 6. The van der Waals surface area contributed by atoms with E-state index < -0.39 is 11.2 Å². The van der Waals surface area contributed by atoms with Crippen molar-refractivity contribution in [2.45, 2.75) is 144 Å². The third kappa shape index (κ3) is 19.5. The van der Waals surface area contributed by atoms with Gasteiger partial charge in [-0.2, -0.15) is 9.78 Å². The van der Waals surface area contributed by atoms with Crippen molar-refractivity contribution in [3.8, 4) is 0 Å². The van der Waals surface area contributed by atoms with Gasteiger partial charge in [0.25, 0.3) is 0 Å². The smallest absolute Gasteiger partial charge is 0.298 e. The number of carbonyl (C=O) groups is 2. The summed E-state index contributed by atoms with van der Waals surface area (Å²) in [6, 6.07) is 0. The third-order valence-corrected chi connectivity index (χ3v) is 5.37. The summed E-state index contributed by atoms with van der Waals surface area (Å²) >= 11 is 0. The maximum atomic E-state index is 11.9. The van der Waals surface area contributed by atoms with Crippen molar-refractivity contribution in [3.63, 3.8) is 0 Å². The van der Waals surface area contributed by atoms with Gasteiger partial charge in [0.05, 0.1) is 0 Å². The Kier molecular flexibility index (Phi) is 15.9. The minimum Gasteiger partial charge on any atom is -0.298 e. The summed E-state index contributed by atoms with van der Waals surface area (Å²) in [7, 11) is 0. The Morgan fingerprint density at radius 1 is 0.594 bits per heavy atom. The van der Waals surface area contributed by atoms with Crippen molar-refractivity contribution in [1.29, 1.82) is 0 Å². The number of unbranched alkanes of at least 4 members (excludes halogenated alkanes) is 4. The van der Waals surface area contributed by atoms with Gasteiger partial charge in [-0.15, -0.1) is 0 Å². The molecule has 0 atom stereocenters. The largest absolute Gasteiger partial charge is 0.342 e. The van der Waals surface area contributed by atoms with E-state index in [4.69, 9.17) is 19.6 Å². The molecule has 0 heterocycles. The molecule has 0 aliphatic heterocycles. The van der Waals surface area contributed by atoms with E-state index in [0.29, 0.717) is 37.5 Å². The van der Waals surface area contributed by atoms with E-state index in [1.54, 1.807) is 0 Å². The van der Waals surface area contributed by atoms with Crippen molar-refractivity contribution in [3.05, 3.63) is 0 Å². The third-order valence-electron chi connectivity index (χ3n) is 5.37. The van der Waals surface area contributed by atoms with Gasteiger partial charge in [0, 0.05) is 12.8 Å². The van der Waals surface area contributed by atoms with Crippen LogP contribution in [0.5, 0.6) is 0 Å². The standard InChI is InChI=1S/C26H50O6/c1-21(2)15-11-9-13-17-23(27)29-31-25(5,6)19-20-26(7,8)32-30-24(28)18-14-10-12-16-22(3)4/h21-22H,9-20H2,1-8H3. The Labute approximate surface area is 196 Å². The van der Waals surface area contributed by atoms with Crippen molar-refractivity contribution < 1.29 is 29.1 Å². The second kappa shape index (κ2) is 16.5. The van der Waals surface area contributed by atoms with Crippen molar-refractivity contribution in [2.75, 3.05) is 0 Å². The first kappa shape index (κ1) is 30.9. The summed E-state index contributed by atoms with van der Waals surface area (Å²) in [5, 5.41) is 0. The summed E-state index contributed by atoms with van der Waals surface area (Å²) in [4.78, 5) is 44.6. The topological polar surface area (TPSA) is 71.1 Å². The van der Waals surface area contributed by atoms with Crippen LogP contribution in [0.2, 0.25) is 0 Å². The van der Waals surface area contributed by atoms with E-state index in [2.05, 4.69) is 27.7 Å². The summed E-state index contributed by atoms with van der Waals surface area (Å²) in [6.07, 6.45) is 10.2. The zero-order valence-electron chi connectivity index (χ0n) is 22.1. The molecule has 0 rings (SSSR count). The van der Waals surface area contributed by atoms with Crippen molar-refractivity contribution in [2.24, 2.45) is 11.8 Å². The van der Waals surface area contributed by atoms with Crippen molar-refractivity contribution >= 4 is 11.9 Å². The summed E-state index contributed by atoms with van der Waals surface area (Å²) in [5.41, 5.74) is -1.32. The Hall–Kier alpha value is -1.14. The first-order valence-corrected chi connectivity index (χ1v) is 12.6. The molecule has 0 aromatic carbocycles. The molecule has 6 heteroatoms. The second-order valence-corrected chi connectivity index (χ2v) is 11.1. The lowest BCUT2D eigenvalue weighted by molar-refractivity contribution is -0.340. The van der Waals surface area contributed by atoms with Gasteiger partial charge in [-0.25, -0.2) is 9.59 Å². The van der Waals surface area contributed by atoms with Gasteiger partial charge in [0.15, 0.2) is 0 Å². The van der Waals surface area contributed by atoms with Gasteiger partial charge in [-0.05, 0) is 65.2 Å². The molecule has 0 saturated heterocycles. The van der Waals surface area contributed by atoms with Gasteiger partial charge < -0.3 is 0 Å². The SMILES string of the molecule is CC(C)CCCCCC(=O)OOC(C)(C)CCC(C)(C)OOC(=O)CCCCCC(C)C. The fraction of sp³-hybridized carbons (Fsp3) is 0.923. The van der Waals surface area contributed by atoms with Crippen LogP contribution in [0.1, 0.15) is 132 Å². The molecule has 0 radical (unpaired) electrons. The molecule has 6 nitrogen and oxygen atoms in total. The average molecular weight is 459 g/mol. The van der Waals surface area contributed by atoms with Gasteiger partial charge in [0.1, 0.15) is 11.2 Å². The van der Waals surface area contributed by atoms with Gasteiger partial charge in [0.2, 0.25) is 0 Å². The van der Waals surface area contributed by atoms with Crippen LogP contribution in [0, 0.1) is 11.8 Å². The molecular formula is C26H50O6. The fourth-order valence-electron chi connectivity index (χ4n) is 3.08. The van der Waals surface area contributed by atoms with Gasteiger partial charge in [-0.1, -0.05) is 66.2 Å². The molecule has 0 unspecified atom stereocenters. The monoisotopic (exact) mass is 458 g/mol. The minimum absolute atomic E-state index is 0.333. The van der Waals surface area contributed by atoms with Crippen LogP contribution in [-0.4, -0.2) is 23.1 Å². The lowest BCUT2D eigenvalue weighted by Gasteiger charge is -2.28. The molecule has 0 N–H and O–H groups in total. The number of hydrogen-bond donors (Lipinski definition) is 0. The Morgan fingerprint density at radius 3 is 1.25 bits per heavy atom. The minimum atomic E-state index is -0.658. The highest BCUT2D eigenvalue weighted by Gasteiger charge is 2.29. The zero-order valence-corrected chi connectivity index (χ0v) is 22.1. The van der Waals surface area contributed by atoms with Gasteiger partial charge in [-0.3, -0.25) is 9.78 Å². The second-order valence-electron chi connectivity index (χ2n) is 11.1. The Balaban J connectivity index is 4.01. The molecule has 0 aromatic heterocycles. The molecule has 0 aliphatic rings. The van der Waals surface area contributed by atoms with Crippen molar-refractivity contribution in [1.82, 2.24) is 0 Å². The normalized spacial score (nSPS) is 12.4. The van der Waals surface area contributed by atoms with Crippen LogP contribution in [0.25, 0.3) is 0 Å². The highest BCUT2D eigenvalue weighted by molar-refractivity contribution is 5.68. The summed E-state index contributed by atoms with van der Waals surface area (Å²) < 4.78 is 0. The zero-order chi connectivity index (χ0) is 24.6. The highest BCUT2D eigenvalue weighted by atomic mass is 17.2. The first-order valence-electron chi connectivity index (χ1n) is 12.6. The van der Waals surface area contributed by atoms with E-state index in [1.807, 2.05) is 27.7 Å². The summed E-state index contributed by atoms with van der Waals surface area (Å²) in [6.45, 7) is 16.3. The van der Waals surface area contributed by atoms with E-state index in [1.165, 1.54) is 12.8 Å². The van der Waals surface area contributed by atoms with Crippen LogP contribution >= 0.6 is 0 Å². The van der Waals surface area contributed by atoms with E-state index in [0.717, 1.165) is 38.5 Å². The summed E-state index contributed by atoms with van der Waals surface area (Å²) in [5.74, 6) is 0.728.